The van der Waals surface area contributed by atoms with Gasteiger partial charge in [-0.15, -0.1) is 0 Å². The summed E-state index contributed by atoms with van der Waals surface area (Å²) in [6.45, 7) is 3.17. The fourth-order valence-corrected chi connectivity index (χ4v) is 3.90. The predicted molar refractivity (Wildman–Crippen MR) is 88.9 cm³/mol. The highest BCUT2D eigenvalue weighted by Gasteiger charge is 2.24. The maximum absolute atomic E-state index is 11.4. The Labute approximate surface area is 130 Å². The van der Waals surface area contributed by atoms with E-state index >= 15 is 0 Å². The van der Waals surface area contributed by atoms with Gasteiger partial charge in [-0.1, -0.05) is 49.7 Å². The van der Waals surface area contributed by atoms with Crippen molar-refractivity contribution < 1.29 is 4.79 Å². The summed E-state index contributed by atoms with van der Waals surface area (Å²) in [5, 5.41) is 0. The van der Waals surface area contributed by atoms with Gasteiger partial charge in [0.25, 0.3) is 0 Å². The van der Waals surface area contributed by atoms with E-state index in [-0.39, 0.29) is 0 Å². The van der Waals surface area contributed by atoms with Crippen molar-refractivity contribution in [1.82, 2.24) is 0 Å². The monoisotopic (exact) mass is 297 g/mol. The topological polar surface area (TPSA) is 20.3 Å². The number of fused-ring (bicyclic) bond motifs is 2. The van der Waals surface area contributed by atoms with Gasteiger partial charge < -0.3 is 4.90 Å². The average Bonchev–Trinajstić information content (AvgIpc) is 2.53. The van der Waals surface area contributed by atoms with Gasteiger partial charge >= 0.3 is 0 Å². The Bertz CT molecular complexity index is 653. The first-order valence-corrected chi connectivity index (χ1v) is 8.29. The van der Waals surface area contributed by atoms with Gasteiger partial charge in [0.1, 0.15) is 0 Å². The van der Waals surface area contributed by atoms with Crippen LogP contribution in [-0.2, 0) is 0 Å². The SMILES string of the molecule is CCCCCN1c2ccccc2Sc2cccc(C=O)c21. The molecule has 0 aliphatic carbocycles. The summed E-state index contributed by atoms with van der Waals surface area (Å²) in [5.41, 5.74) is 3.08. The number of benzene rings is 2. The van der Waals surface area contributed by atoms with Crippen molar-refractivity contribution in [1.29, 1.82) is 0 Å². The minimum absolute atomic E-state index is 0.783. The first kappa shape index (κ1) is 14.2. The number of nitrogens with zero attached hydrogens (tertiary/aromatic N) is 1. The number of carbonyl (C=O) groups is 1. The van der Waals surface area contributed by atoms with Gasteiger partial charge in [-0.2, -0.15) is 0 Å². The maximum Gasteiger partial charge on any atom is 0.152 e. The minimum Gasteiger partial charge on any atom is -0.339 e. The summed E-state index contributed by atoms with van der Waals surface area (Å²) in [6.07, 6.45) is 4.53. The van der Waals surface area contributed by atoms with Crippen LogP contribution in [-0.4, -0.2) is 12.8 Å². The molecule has 2 nitrogen and oxygen atoms in total. The molecular weight excluding hydrogens is 278 g/mol. The van der Waals surface area contributed by atoms with Crippen molar-refractivity contribution >= 4 is 29.4 Å². The molecule has 0 unspecified atom stereocenters. The molecule has 108 valence electrons. The van der Waals surface area contributed by atoms with E-state index in [0.717, 1.165) is 30.5 Å². The van der Waals surface area contributed by atoms with Crippen LogP contribution < -0.4 is 4.90 Å². The Balaban J connectivity index is 2.06. The standard InChI is InChI=1S/C18H19NOS/c1-2-3-6-12-19-15-9-4-5-10-16(15)21-17-11-7-8-14(13-20)18(17)19/h4-5,7-11,13H,2-3,6,12H2,1H3. The molecule has 0 radical (unpaired) electrons. The molecule has 1 aliphatic rings. The second-order valence-corrected chi connectivity index (χ2v) is 6.32. The molecule has 0 N–H and O–H groups in total. The van der Waals surface area contributed by atoms with Crippen molar-refractivity contribution in [3.05, 3.63) is 48.0 Å². The Morgan fingerprint density at radius 2 is 1.86 bits per heavy atom. The van der Waals surface area contributed by atoms with Crippen LogP contribution in [0.3, 0.4) is 0 Å². The maximum atomic E-state index is 11.4. The molecule has 0 atom stereocenters. The molecule has 0 amide bonds. The first-order valence-electron chi connectivity index (χ1n) is 7.47. The van der Waals surface area contributed by atoms with Gasteiger partial charge in [-0.25, -0.2) is 0 Å². The quantitative estimate of drug-likeness (QED) is 0.552. The van der Waals surface area contributed by atoms with Crippen LogP contribution in [0.1, 0.15) is 36.5 Å². The number of carbonyl (C=O) groups excluding carboxylic acids is 1. The molecule has 21 heavy (non-hydrogen) atoms. The molecule has 1 aliphatic heterocycles. The van der Waals surface area contributed by atoms with Crippen LogP contribution in [0, 0.1) is 0 Å². The highest BCUT2D eigenvalue weighted by atomic mass is 32.2. The third kappa shape index (κ3) is 2.70. The number of para-hydroxylation sites is 2. The molecule has 3 rings (SSSR count). The number of unbranched alkanes of at least 4 members (excludes halogenated alkanes) is 2. The van der Waals surface area contributed by atoms with Crippen molar-refractivity contribution in [3.8, 4) is 0 Å². The molecule has 2 aromatic rings. The molecular formula is C18H19NOS. The van der Waals surface area contributed by atoms with E-state index in [9.17, 15) is 4.79 Å². The molecule has 0 bridgehead atoms. The van der Waals surface area contributed by atoms with E-state index in [1.807, 2.05) is 12.1 Å². The van der Waals surface area contributed by atoms with Gasteiger partial charge in [0, 0.05) is 21.9 Å². The smallest absolute Gasteiger partial charge is 0.152 e. The van der Waals surface area contributed by atoms with E-state index in [2.05, 4.69) is 42.2 Å². The minimum atomic E-state index is 0.783. The van der Waals surface area contributed by atoms with Crippen LogP contribution in [0.5, 0.6) is 0 Å². The predicted octanol–water partition coefficient (Wildman–Crippen LogP) is 5.29. The zero-order valence-corrected chi connectivity index (χ0v) is 13.0. The largest absolute Gasteiger partial charge is 0.339 e. The third-order valence-corrected chi connectivity index (χ3v) is 4.90. The lowest BCUT2D eigenvalue weighted by molar-refractivity contribution is 0.112. The number of anilines is 2. The zero-order chi connectivity index (χ0) is 14.7. The van der Waals surface area contributed by atoms with Gasteiger partial charge in [-0.05, 0) is 30.7 Å². The molecule has 1 heterocycles. The van der Waals surface area contributed by atoms with Gasteiger partial charge in [0.15, 0.2) is 6.29 Å². The van der Waals surface area contributed by atoms with Crippen LogP contribution in [0.15, 0.2) is 52.3 Å². The number of aldehydes is 1. The normalized spacial score (nSPS) is 12.7. The average molecular weight is 297 g/mol. The lowest BCUT2D eigenvalue weighted by Crippen LogP contribution is -2.23. The van der Waals surface area contributed by atoms with E-state index in [0.29, 0.717) is 0 Å². The number of rotatable bonds is 5. The molecule has 0 aromatic heterocycles. The molecule has 0 saturated heterocycles. The summed E-state index contributed by atoms with van der Waals surface area (Å²) in [4.78, 5) is 16.2. The lowest BCUT2D eigenvalue weighted by Gasteiger charge is -2.33. The Kier molecular flexibility index (Phi) is 4.30. The number of hydrogen-bond acceptors (Lipinski definition) is 3. The summed E-state index contributed by atoms with van der Waals surface area (Å²) in [7, 11) is 0. The molecule has 0 saturated carbocycles. The van der Waals surface area contributed by atoms with Crippen LogP contribution in [0.25, 0.3) is 0 Å². The van der Waals surface area contributed by atoms with E-state index in [1.165, 1.54) is 28.3 Å². The van der Waals surface area contributed by atoms with Crippen LogP contribution >= 0.6 is 11.8 Å². The van der Waals surface area contributed by atoms with Gasteiger partial charge in [0.2, 0.25) is 0 Å². The summed E-state index contributed by atoms with van der Waals surface area (Å²) in [6, 6.07) is 14.4. The third-order valence-electron chi connectivity index (χ3n) is 3.79. The van der Waals surface area contributed by atoms with Crippen molar-refractivity contribution in [2.75, 3.05) is 11.4 Å². The first-order chi connectivity index (χ1) is 10.3. The summed E-state index contributed by atoms with van der Waals surface area (Å²) >= 11 is 1.75. The summed E-state index contributed by atoms with van der Waals surface area (Å²) in [5.74, 6) is 0. The number of hydrogen-bond donors (Lipinski definition) is 0. The fourth-order valence-electron chi connectivity index (χ4n) is 2.76. The highest BCUT2D eigenvalue weighted by Crippen LogP contribution is 2.49. The second kappa shape index (κ2) is 6.35. The summed E-state index contributed by atoms with van der Waals surface area (Å²) < 4.78 is 0. The van der Waals surface area contributed by atoms with E-state index in [1.54, 1.807) is 11.8 Å². The lowest BCUT2D eigenvalue weighted by atomic mass is 10.1. The zero-order valence-electron chi connectivity index (χ0n) is 12.2. The Morgan fingerprint density at radius 3 is 2.67 bits per heavy atom. The Hall–Kier alpha value is -1.74. The Morgan fingerprint density at radius 1 is 1.05 bits per heavy atom. The van der Waals surface area contributed by atoms with Crippen molar-refractivity contribution in [2.24, 2.45) is 0 Å². The van der Waals surface area contributed by atoms with Crippen molar-refractivity contribution in [2.45, 2.75) is 36.0 Å². The van der Waals surface area contributed by atoms with Gasteiger partial charge in [0.05, 0.1) is 11.4 Å². The fraction of sp³-hybridized carbons (Fsp3) is 0.278. The molecule has 0 spiro atoms. The van der Waals surface area contributed by atoms with E-state index in [4.69, 9.17) is 0 Å². The second-order valence-electron chi connectivity index (χ2n) is 5.24. The van der Waals surface area contributed by atoms with Crippen molar-refractivity contribution in [3.63, 3.8) is 0 Å². The highest BCUT2D eigenvalue weighted by molar-refractivity contribution is 7.99. The van der Waals surface area contributed by atoms with Crippen LogP contribution in [0.4, 0.5) is 11.4 Å². The molecule has 0 fully saturated rings. The van der Waals surface area contributed by atoms with Crippen LogP contribution in [0.2, 0.25) is 0 Å². The van der Waals surface area contributed by atoms with E-state index < -0.39 is 0 Å². The molecule has 3 heteroatoms. The van der Waals surface area contributed by atoms with Gasteiger partial charge in [-0.3, -0.25) is 4.79 Å². The molecule has 2 aromatic carbocycles.